The van der Waals surface area contributed by atoms with Crippen LogP contribution >= 0.6 is 0 Å². The van der Waals surface area contributed by atoms with Crippen molar-refractivity contribution in [1.82, 2.24) is 0 Å². The van der Waals surface area contributed by atoms with E-state index < -0.39 is 0 Å². The number of halogens is 1. The van der Waals surface area contributed by atoms with E-state index in [1.54, 1.807) is 14.2 Å². The zero-order valence-corrected chi connectivity index (χ0v) is 17.5. The highest BCUT2D eigenvalue weighted by molar-refractivity contribution is 6.05. The molecule has 0 atom stereocenters. The predicted molar refractivity (Wildman–Crippen MR) is 98.9 cm³/mol. The lowest BCUT2D eigenvalue weighted by atomic mass is 9.81. The average molecular weight is 449 g/mol. The SMILES string of the molecule is COc1ccc(C=CC2=[N+](C)c3ccc(OC)cc3C2(C)C)cc1.[I-]. The fraction of sp³-hybridized carbons (Fsp3) is 0.286. The number of hydrogen-bond donors (Lipinski definition) is 0. The van der Waals surface area contributed by atoms with Crippen LogP contribution in [0.2, 0.25) is 0 Å². The third kappa shape index (κ3) is 3.59. The number of benzene rings is 2. The first-order valence-electron chi connectivity index (χ1n) is 8.09. The molecule has 1 aliphatic heterocycles. The maximum Gasteiger partial charge on any atom is 0.209 e. The lowest BCUT2D eigenvalue weighted by Gasteiger charge is -2.16. The molecule has 132 valence electrons. The monoisotopic (exact) mass is 449 g/mol. The highest BCUT2D eigenvalue weighted by Crippen LogP contribution is 2.41. The van der Waals surface area contributed by atoms with Crippen LogP contribution in [0.3, 0.4) is 0 Å². The van der Waals surface area contributed by atoms with Gasteiger partial charge in [-0.25, -0.2) is 0 Å². The number of rotatable bonds is 4. The second-order valence-corrected chi connectivity index (χ2v) is 6.56. The van der Waals surface area contributed by atoms with E-state index in [-0.39, 0.29) is 29.4 Å². The molecule has 1 aliphatic rings. The topological polar surface area (TPSA) is 21.5 Å². The van der Waals surface area contributed by atoms with Crippen molar-refractivity contribution in [3.05, 3.63) is 59.7 Å². The third-order valence-electron chi connectivity index (χ3n) is 4.79. The molecule has 2 aromatic rings. The van der Waals surface area contributed by atoms with E-state index in [1.165, 1.54) is 17.0 Å². The number of fused-ring (bicyclic) bond motifs is 1. The van der Waals surface area contributed by atoms with Gasteiger partial charge in [0.1, 0.15) is 18.5 Å². The molecule has 0 radical (unpaired) electrons. The van der Waals surface area contributed by atoms with Crippen LogP contribution in [0.15, 0.2) is 48.5 Å². The molecular formula is C21H24INO2. The van der Waals surface area contributed by atoms with Crippen LogP contribution < -0.4 is 33.5 Å². The van der Waals surface area contributed by atoms with Crippen molar-refractivity contribution in [2.45, 2.75) is 19.3 Å². The van der Waals surface area contributed by atoms with Gasteiger partial charge in [0.05, 0.1) is 19.6 Å². The zero-order valence-electron chi connectivity index (χ0n) is 15.3. The molecule has 0 fully saturated rings. The van der Waals surface area contributed by atoms with E-state index in [0.717, 1.165) is 17.1 Å². The lowest BCUT2D eigenvalue weighted by Crippen LogP contribution is -3.00. The fourth-order valence-electron chi connectivity index (χ4n) is 3.33. The largest absolute Gasteiger partial charge is 1.00 e. The minimum absolute atomic E-state index is 0. The van der Waals surface area contributed by atoms with Crippen molar-refractivity contribution >= 4 is 17.5 Å². The third-order valence-corrected chi connectivity index (χ3v) is 4.79. The Morgan fingerprint density at radius 1 is 0.880 bits per heavy atom. The number of methoxy groups -OCH3 is 2. The normalized spacial score (nSPS) is 15.1. The quantitative estimate of drug-likeness (QED) is 0.521. The predicted octanol–water partition coefficient (Wildman–Crippen LogP) is 1.43. The van der Waals surface area contributed by atoms with Crippen molar-refractivity contribution in [3.8, 4) is 11.5 Å². The van der Waals surface area contributed by atoms with Crippen LogP contribution in [-0.4, -0.2) is 31.6 Å². The molecule has 3 nitrogen and oxygen atoms in total. The first-order valence-corrected chi connectivity index (χ1v) is 8.09. The van der Waals surface area contributed by atoms with Crippen molar-refractivity contribution in [2.24, 2.45) is 0 Å². The molecule has 0 aliphatic carbocycles. The van der Waals surface area contributed by atoms with Crippen molar-refractivity contribution in [2.75, 3.05) is 21.3 Å². The summed E-state index contributed by atoms with van der Waals surface area (Å²) in [5.74, 6) is 1.77. The van der Waals surface area contributed by atoms with E-state index >= 15 is 0 Å². The summed E-state index contributed by atoms with van der Waals surface area (Å²) in [6.45, 7) is 4.50. The first kappa shape index (κ1) is 19.5. The first-order chi connectivity index (χ1) is 11.5. The van der Waals surface area contributed by atoms with Crippen molar-refractivity contribution in [1.29, 1.82) is 0 Å². The van der Waals surface area contributed by atoms with E-state index in [2.05, 4.69) is 61.9 Å². The Morgan fingerprint density at radius 3 is 2.08 bits per heavy atom. The Kier molecular flexibility index (Phi) is 5.93. The summed E-state index contributed by atoms with van der Waals surface area (Å²) in [6, 6.07) is 14.4. The Morgan fingerprint density at radius 2 is 1.48 bits per heavy atom. The molecule has 0 unspecified atom stereocenters. The molecule has 3 rings (SSSR count). The van der Waals surface area contributed by atoms with Crippen LogP contribution in [-0.2, 0) is 5.41 Å². The molecule has 4 heteroatoms. The van der Waals surface area contributed by atoms with E-state index in [4.69, 9.17) is 9.47 Å². The molecule has 0 aromatic heterocycles. The molecule has 2 aromatic carbocycles. The molecule has 25 heavy (non-hydrogen) atoms. The van der Waals surface area contributed by atoms with Crippen LogP contribution in [0, 0.1) is 0 Å². The molecule has 0 N–H and O–H groups in total. The van der Waals surface area contributed by atoms with Gasteiger partial charge in [0, 0.05) is 17.7 Å². The smallest absolute Gasteiger partial charge is 0.209 e. The van der Waals surface area contributed by atoms with Gasteiger partial charge in [-0.15, -0.1) is 0 Å². The number of hydrogen-bond acceptors (Lipinski definition) is 2. The second kappa shape index (κ2) is 7.60. The van der Waals surface area contributed by atoms with Crippen LogP contribution in [0.4, 0.5) is 5.69 Å². The molecule has 0 bridgehead atoms. The summed E-state index contributed by atoms with van der Waals surface area (Å²) < 4.78 is 12.9. The molecular weight excluding hydrogens is 425 g/mol. The van der Waals surface area contributed by atoms with Gasteiger partial charge < -0.3 is 33.5 Å². The van der Waals surface area contributed by atoms with Gasteiger partial charge >= 0.3 is 0 Å². The Bertz CT molecular complexity index is 820. The Balaban J connectivity index is 0.00000225. The van der Waals surface area contributed by atoms with Crippen molar-refractivity contribution < 1.29 is 38.0 Å². The summed E-state index contributed by atoms with van der Waals surface area (Å²) in [6.07, 6.45) is 4.35. The van der Waals surface area contributed by atoms with Crippen LogP contribution in [0.5, 0.6) is 11.5 Å². The van der Waals surface area contributed by atoms with Gasteiger partial charge in [-0.05, 0) is 49.8 Å². The van der Waals surface area contributed by atoms with Gasteiger partial charge in [0.15, 0.2) is 5.71 Å². The van der Waals surface area contributed by atoms with Gasteiger partial charge in [0.2, 0.25) is 5.69 Å². The fourth-order valence-corrected chi connectivity index (χ4v) is 3.33. The van der Waals surface area contributed by atoms with Gasteiger partial charge in [-0.2, -0.15) is 4.58 Å². The van der Waals surface area contributed by atoms with E-state index in [9.17, 15) is 0 Å². The lowest BCUT2D eigenvalue weighted by molar-refractivity contribution is -0.401. The molecule has 1 heterocycles. The standard InChI is InChI=1S/C21H24NO2.HI/c1-21(2)18-14-17(24-5)11-12-19(18)22(3)20(21)13-8-15-6-9-16(23-4)10-7-15;/h6-14H,1-5H3;1H/q+1;/p-1. The molecule has 0 spiro atoms. The molecule has 0 saturated heterocycles. The minimum atomic E-state index is -0.0679. The number of allylic oxidation sites excluding steroid dienone is 1. The summed E-state index contributed by atoms with van der Waals surface area (Å²) in [4.78, 5) is 0. The van der Waals surface area contributed by atoms with Gasteiger partial charge in [-0.1, -0.05) is 12.1 Å². The average Bonchev–Trinajstić information content (AvgIpc) is 2.79. The number of nitrogens with zero attached hydrogens (tertiary/aromatic N) is 1. The summed E-state index contributed by atoms with van der Waals surface area (Å²) >= 11 is 0. The zero-order chi connectivity index (χ0) is 17.3. The maximum absolute atomic E-state index is 5.40. The number of ether oxygens (including phenoxy) is 2. The Hall–Kier alpha value is -1.82. The van der Waals surface area contributed by atoms with Crippen LogP contribution in [0.1, 0.15) is 25.0 Å². The minimum Gasteiger partial charge on any atom is -1.00 e. The second-order valence-electron chi connectivity index (χ2n) is 6.56. The van der Waals surface area contributed by atoms with Gasteiger partial charge in [-0.3, -0.25) is 0 Å². The van der Waals surface area contributed by atoms with Crippen molar-refractivity contribution in [3.63, 3.8) is 0 Å². The van der Waals surface area contributed by atoms with E-state index in [1.807, 2.05) is 18.2 Å². The summed E-state index contributed by atoms with van der Waals surface area (Å²) in [5.41, 5.74) is 4.87. The van der Waals surface area contributed by atoms with Gasteiger partial charge in [0.25, 0.3) is 0 Å². The molecule has 0 saturated carbocycles. The van der Waals surface area contributed by atoms with E-state index in [0.29, 0.717) is 0 Å². The molecule has 0 amide bonds. The maximum atomic E-state index is 5.40. The summed E-state index contributed by atoms with van der Waals surface area (Å²) in [7, 11) is 5.51. The van der Waals surface area contributed by atoms with Crippen LogP contribution in [0.25, 0.3) is 6.08 Å². The Labute approximate surface area is 167 Å². The summed E-state index contributed by atoms with van der Waals surface area (Å²) in [5, 5.41) is 0. The highest BCUT2D eigenvalue weighted by atomic mass is 127. The highest BCUT2D eigenvalue weighted by Gasteiger charge is 2.43.